The second kappa shape index (κ2) is 15.2. The molecule has 0 unspecified atom stereocenters. The quantitative estimate of drug-likeness (QED) is 0.168. The van der Waals surface area contributed by atoms with E-state index < -0.39 is 11.8 Å². The van der Waals surface area contributed by atoms with E-state index in [0.717, 1.165) is 83.6 Å². The Morgan fingerprint density at radius 1 is 0.603 bits per heavy atom. The highest BCUT2D eigenvalue weighted by Gasteiger charge is 2.24. The number of aromatic hydroxyl groups is 1. The molecule has 0 bridgehead atoms. The molecule has 6 aromatic carbocycles. The lowest BCUT2D eigenvalue weighted by Crippen LogP contribution is -2.11. The Bertz CT molecular complexity index is 2890. The molecule has 58 heavy (non-hydrogen) atoms. The average Bonchev–Trinajstić information content (AvgIpc) is 3.60. The van der Waals surface area contributed by atoms with E-state index in [1.54, 1.807) is 0 Å². The molecule has 0 saturated heterocycles. The normalized spacial score (nSPS) is 12.8. The molecule has 0 spiro atoms. The molecule has 0 fully saturated rings. The lowest BCUT2D eigenvalue weighted by Gasteiger charge is -2.22. The fourth-order valence-corrected chi connectivity index (χ4v) is 7.91. The zero-order chi connectivity index (χ0) is 42.7. The number of pyridine rings is 1. The van der Waals surface area contributed by atoms with Crippen LogP contribution in [0.15, 0.2) is 140 Å². The second-order valence-electron chi connectivity index (χ2n) is 17.1. The first-order chi connectivity index (χ1) is 28.4. The lowest BCUT2D eigenvalue weighted by molar-refractivity contribution is 0.472. The van der Waals surface area contributed by atoms with Crippen molar-refractivity contribution in [1.29, 1.82) is 0 Å². The number of nitrogens with zero attached hydrogens (tertiary/aromatic N) is 3. The minimum absolute atomic E-state index is 0.164. The summed E-state index contributed by atoms with van der Waals surface area (Å²) in [4.78, 5) is 10.4. The van der Waals surface area contributed by atoms with Gasteiger partial charge in [-0.1, -0.05) is 133 Å². The van der Waals surface area contributed by atoms with Crippen LogP contribution in [0.4, 0.5) is 0 Å². The summed E-state index contributed by atoms with van der Waals surface area (Å²) in [5.74, 6) is -0.642. The van der Waals surface area contributed by atoms with Crippen molar-refractivity contribution < 1.29 is 7.85 Å². The van der Waals surface area contributed by atoms with Crippen molar-refractivity contribution in [3.05, 3.63) is 167 Å². The highest BCUT2D eigenvalue weighted by molar-refractivity contribution is 5.98. The molecule has 0 saturated carbocycles. The molecule has 0 atom stereocenters. The summed E-state index contributed by atoms with van der Waals surface area (Å²) in [7, 11) is 0. The van der Waals surface area contributed by atoms with Gasteiger partial charge in [0, 0.05) is 25.6 Å². The Hall–Kier alpha value is -6.26. The number of imidazole rings is 1. The fourth-order valence-electron chi connectivity index (χ4n) is 7.91. The molecule has 0 aliphatic heterocycles. The Labute approximate surface area is 346 Å². The standard InChI is InChI=1S/C54H53N3O/c1-33(2)37-18-20-38(21-19-37)41-24-25-55-48(32-41)43-28-42(29-44(30-43)54(7,8)9)45-16-13-17-50-51(45)56-53(47-27-35(5)26-36(6)52(47)58)57(50)49-23-22-40(34(3)4)31-46(49)39-14-11-10-12-15-39/h10-34,58H,1-9H3/i33D,34D. The van der Waals surface area contributed by atoms with Crippen LogP contribution in [0.1, 0.15) is 90.8 Å². The third kappa shape index (κ3) is 7.36. The summed E-state index contributed by atoms with van der Waals surface area (Å²) in [6.45, 7) is 18.3. The Balaban J connectivity index is 1.38. The van der Waals surface area contributed by atoms with Crippen LogP contribution in [0.3, 0.4) is 0 Å². The summed E-state index contributed by atoms with van der Waals surface area (Å²) in [6.07, 6.45) is 1.87. The van der Waals surface area contributed by atoms with Crippen molar-refractivity contribution in [2.45, 2.75) is 79.5 Å². The Morgan fingerprint density at radius 3 is 2.02 bits per heavy atom. The highest BCUT2D eigenvalue weighted by atomic mass is 16.3. The minimum Gasteiger partial charge on any atom is -0.507 e. The van der Waals surface area contributed by atoms with Crippen LogP contribution in [0.5, 0.6) is 5.75 Å². The lowest BCUT2D eigenvalue weighted by atomic mass is 9.83. The van der Waals surface area contributed by atoms with E-state index in [1.807, 2.05) is 102 Å². The largest absolute Gasteiger partial charge is 0.507 e. The Morgan fingerprint density at radius 2 is 1.31 bits per heavy atom. The molecule has 0 radical (unpaired) electrons. The SMILES string of the molecule is [2H]C(C)(C)c1ccc(-c2ccnc(-c3cc(-c4cccc5c4nc(-c4cc(C)cc(C)c4O)n5-c4ccc(C([2H])(C)C)cc4-c4ccccc4)cc(C(C)(C)C)c3)c2)cc1. The molecule has 2 heterocycles. The van der Waals surface area contributed by atoms with E-state index in [1.165, 1.54) is 5.56 Å². The molecule has 8 aromatic rings. The van der Waals surface area contributed by atoms with Gasteiger partial charge < -0.3 is 5.11 Å². The molecule has 1 N–H and O–H groups in total. The number of aromatic nitrogens is 3. The predicted molar refractivity (Wildman–Crippen MR) is 244 cm³/mol. The summed E-state index contributed by atoms with van der Waals surface area (Å²) >= 11 is 0. The van der Waals surface area contributed by atoms with Crippen LogP contribution in [0.2, 0.25) is 0 Å². The van der Waals surface area contributed by atoms with Crippen LogP contribution in [0.25, 0.3) is 72.7 Å². The van der Waals surface area contributed by atoms with Crippen LogP contribution < -0.4 is 0 Å². The van der Waals surface area contributed by atoms with Crippen LogP contribution >= 0.6 is 0 Å². The molecular formula is C54H53N3O. The third-order valence-corrected chi connectivity index (χ3v) is 11.2. The number of hydrogen-bond donors (Lipinski definition) is 1. The van der Waals surface area contributed by atoms with Gasteiger partial charge in [-0.2, -0.15) is 0 Å². The number of aryl methyl sites for hydroxylation is 2. The molecule has 0 aliphatic rings. The van der Waals surface area contributed by atoms with Gasteiger partial charge in [-0.15, -0.1) is 0 Å². The van der Waals surface area contributed by atoms with E-state index in [9.17, 15) is 5.11 Å². The maximum absolute atomic E-state index is 11.7. The zero-order valence-corrected chi connectivity index (χ0v) is 35.1. The number of fused-ring (bicyclic) bond motifs is 1. The monoisotopic (exact) mass is 761 g/mol. The van der Waals surface area contributed by atoms with Gasteiger partial charge in [0.05, 0.1) is 28.0 Å². The van der Waals surface area contributed by atoms with Gasteiger partial charge in [0.25, 0.3) is 0 Å². The van der Waals surface area contributed by atoms with Gasteiger partial charge in [0.1, 0.15) is 11.6 Å². The van der Waals surface area contributed by atoms with Gasteiger partial charge in [-0.3, -0.25) is 9.55 Å². The second-order valence-corrected chi connectivity index (χ2v) is 17.1. The summed E-state index contributed by atoms with van der Waals surface area (Å²) in [6, 6.07) is 46.1. The van der Waals surface area contributed by atoms with E-state index in [2.05, 4.69) is 104 Å². The molecule has 4 heteroatoms. The minimum atomic E-state index is -0.810. The Kier molecular flexibility index (Phi) is 9.49. The van der Waals surface area contributed by atoms with Crippen LogP contribution in [-0.4, -0.2) is 19.6 Å². The summed E-state index contributed by atoms with van der Waals surface area (Å²) in [5, 5.41) is 11.7. The number of benzene rings is 6. The molecule has 2 aromatic heterocycles. The predicted octanol–water partition coefficient (Wildman–Crippen LogP) is 14.6. The number of para-hydroxylation sites is 1. The summed E-state index contributed by atoms with van der Waals surface area (Å²) in [5.41, 5.74) is 16.0. The van der Waals surface area contributed by atoms with Gasteiger partial charge in [-0.05, 0) is 130 Å². The van der Waals surface area contributed by atoms with Gasteiger partial charge >= 0.3 is 0 Å². The fraction of sp³-hybridized carbons (Fsp3) is 0.222. The highest BCUT2D eigenvalue weighted by Crippen LogP contribution is 2.43. The summed E-state index contributed by atoms with van der Waals surface area (Å²) < 4.78 is 19.6. The average molecular weight is 762 g/mol. The molecule has 0 amide bonds. The van der Waals surface area contributed by atoms with Crippen LogP contribution in [-0.2, 0) is 5.41 Å². The van der Waals surface area contributed by atoms with Gasteiger partial charge in [-0.25, -0.2) is 4.98 Å². The van der Waals surface area contributed by atoms with E-state index in [4.69, 9.17) is 12.7 Å². The first kappa shape index (κ1) is 36.1. The first-order valence-electron chi connectivity index (χ1n) is 21.1. The van der Waals surface area contributed by atoms with E-state index >= 15 is 0 Å². The van der Waals surface area contributed by atoms with E-state index in [-0.39, 0.29) is 11.2 Å². The maximum atomic E-state index is 11.7. The first-order valence-corrected chi connectivity index (χ1v) is 20.1. The molecular weight excluding hydrogens is 707 g/mol. The van der Waals surface area contributed by atoms with E-state index in [0.29, 0.717) is 11.4 Å². The topological polar surface area (TPSA) is 50.9 Å². The molecule has 4 nitrogen and oxygen atoms in total. The van der Waals surface area contributed by atoms with Gasteiger partial charge in [0.2, 0.25) is 0 Å². The van der Waals surface area contributed by atoms with Crippen LogP contribution in [0, 0.1) is 13.8 Å². The smallest absolute Gasteiger partial charge is 0.149 e. The number of phenolic OH excluding ortho intramolecular Hbond substituents is 1. The number of hydrogen-bond acceptors (Lipinski definition) is 3. The molecule has 290 valence electrons. The van der Waals surface area contributed by atoms with Crippen molar-refractivity contribution in [2.24, 2.45) is 0 Å². The van der Waals surface area contributed by atoms with Crippen molar-refractivity contribution in [3.63, 3.8) is 0 Å². The zero-order valence-electron chi connectivity index (χ0n) is 37.1. The molecule has 0 aliphatic carbocycles. The van der Waals surface area contributed by atoms with Crippen molar-refractivity contribution >= 4 is 11.0 Å². The van der Waals surface area contributed by atoms with Crippen molar-refractivity contribution in [3.8, 4) is 67.5 Å². The van der Waals surface area contributed by atoms with Crippen molar-refractivity contribution in [2.75, 3.05) is 0 Å². The number of phenols is 1. The molecule has 8 rings (SSSR count). The third-order valence-electron chi connectivity index (χ3n) is 11.2. The number of rotatable bonds is 8. The maximum Gasteiger partial charge on any atom is 0.149 e. The van der Waals surface area contributed by atoms with Crippen molar-refractivity contribution in [1.82, 2.24) is 14.5 Å². The van der Waals surface area contributed by atoms with Gasteiger partial charge in [0.15, 0.2) is 0 Å².